The van der Waals surface area contributed by atoms with Crippen LogP contribution in [-0.4, -0.2) is 23.2 Å². The molecule has 0 aliphatic carbocycles. The molecule has 1 N–H and O–H groups in total. The Morgan fingerprint density at radius 3 is 3.18 bits per heavy atom. The number of aromatic nitrogens is 1. The van der Waals surface area contributed by atoms with Crippen molar-refractivity contribution < 1.29 is 4.79 Å². The van der Waals surface area contributed by atoms with Gasteiger partial charge < -0.3 is 5.32 Å². The van der Waals surface area contributed by atoms with Gasteiger partial charge in [-0.05, 0) is 18.1 Å². The molecule has 0 bridgehead atoms. The van der Waals surface area contributed by atoms with Crippen molar-refractivity contribution in [3.8, 4) is 6.07 Å². The Hall–Kier alpha value is -1.54. The lowest BCUT2D eigenvalue weighted by Crippen LogP contribution is -2.25. The fourth-order valence-electron chi connectivity index (χ4n) is 1.22. The van der Waals surface area contributed by atoms with Crippen LogP contribution in [0, 0.1) is 11.3 Å². The number of carbonyl (C=O) groups is 1. The Kier molecular flexibility index (Phi) is 6.12. The molecule has 0 atom stereocenters. The highest BCUT2D eigenvalue weighted by Crippen LogP contribution is 2.13. The van der Waals surface area contributed by atoms with E-state index in [9.17, 15) is 4.79 Å². The minimum absolute atomic E-state index is 0.0410. The van der Waals surface area contributed by atoms with Crippen molar-refractivity contribution in [3.05, 3.63) is 29.6 Å². The number of hydrogen-bond acceptors (Lipinski definition) is 4. The van der Waals surface area contributed by atoms with Gasteiger partial charge in [0, 0.05) is 18.5 Å². The summed E-state index contributed by atoms with van der Waals surface area (Å²) in [4.78, 5) is 15.3. The van der Waals surface area contributed by atoms with Gasteiger partial charge >= 0.3 is 0 Å². The summed E-state index contributed by atoms with van der Waals surface area (Å²) in [6.07, 6.45) is 2.54. The van der Waals surface area contributed by atoms with Gasteiger partial charge in [-0.15, -0.1) is 11.8 Å². The van der Waals surface area contributed by atoms with Gasteiger partial charge in [-0.1, -0.05) is 13.0 Å². The third-order valence-corrected chi connectivity index (χ3v) is 3.04. The van der Waals surface area contributed by atoms with Gasteiger partial charge in [0.05, 0.1) is 5.75 Å². The zero-order valence-electron chi connectivity index (χ0n) is 9.77. The summed E-state index contributed by atoms with van der Waals surface area (Å²) in [6, 6.07) is 5.71. The number of carbonyl (C=O) groups excluding carboxylic acids is 1. The van der Waals surface area contributed by atoms with Crippen LogP contribution in [0.1, 0.15) is 24.6 Å². The number of nitriles is 1. The number of nitrogens with zero attached hydrogens (tertiary/aromatic N) is 2. The maximum atomic E-state index is 11.3. The number of amides is 1. The molecule has 1 aromatic heterocycles. The quantitative estimate of drug-likeness (QED) is 0.833. The number of rotatable bonds is 6. The van der Waals surface area contributed by atoms with Gasteiger partial charge in [0.2, 0.25) is 5.91 Å². The second-order valence-corrected chi connectivity index (χ2v) is 4.45. The van der Waals surface area contributed by atoms with Crippen molar-refractivity contribution in [1.29, 1.82) is 5.26 Å². The van der Waals surface area contributed by atoms with Crippen LogP contribution in [0.5, 0.6) is 0 Å². The van der Waals surface area contributed by atoms with Crippen molar-refractivity contribution in [3.63, 3.8) is 0 Å². The predicted octanol–water partition coefficient (Wildman–Crippen LogP) is 1.71. The molecule has 0 aliphatic rings. The van der Waals surface area contributed by atoms with Crippen LogP contribution in [0.4, 0.5) is 0 Å². The summed E-state index contributed by atoms with van der Waals surface area (Å²) >= 11 is 1.49. The van der Waals surface area contributed by atoms with E-state index in [1.54, 1.807) is 12.3 Å². The van der Waals surface area contributed by atoms with Crippen LogP contribution >= 0.6 is 11.8 Å². The third kappa shape index (κ3) is 4.87. The zero-order chi connectivity index (χ0) is 12.5. The Morgan fingerprint density at radius 2 is 2.47 bits per heavy atom. The highest BCUT2D eigenvalue weighted by Gasteiger charge is 2.04. The third-order valence-electron chi connectivity index (χ3n) is 2.06. The minimum Gasteiger partial charge on any atom is -0.355 e. The molecule has 0 unspecified atom stereocenters. The molecular formula is C12H15N3OS. The SMILES string of the molecule is CCCNC(=O)CSCc1cccnc1C#N. The number of nitrogens with one attached hydrogen (secondary N) is 1. The number of pyridine rings is 1. The smallest absolute Gasteiger partial charge is 0.230 e. The number of thioether (sulfide) groups is 1. The van der Waals surface area contributed by atoms with Crippen molar-refractivity contribution in [2.45, 2.75) is 19.1 Å². The molecular weight excluding hydrogens is 234 g/mol. The molecule has 1 rings (SSSR count). The van der Waals surface area contributed by atoms with E-state index in [0.717, 1.165) is 18.5 Å². The van der Waals surface area contributed by atoms with Crippen molar-refractivity contribution in [1.82, 2.24) is 10.3 Å². The van der Waals surface area contributed by atoms with E-state index >= 15 is 0 Å². The first-order chi connectivity index (χ1) is 8.27. The standard InChI is InChI=1S/C12H15N3OS/c1-2-5-15-12(16)9-17-8-10-4-3-6-14-11(10)7-13/h3-4,6H,2,5,8-9H2,1H3,(H,15,16). The van der Waals surface area contributed by atoms with E-state index in [4.69, 9.17) is 5.26 Å². The van der Waals surface area contributed by atoms with Gasteiger partial charge in [-0.3, -0.25) is 4.79 Å². The summed E-state index contributed by atoms with van der Waals surface area (Å²) in [5.74, 6) is 1.09. The molecule has 0 saturated carbocycles. The molecule has 0 fully saturated rings. The average molecular weight is 249 g/mol. The lowest BCUT2D eigenvalue weighted by molar-refractivity contribution is -0.118. The van der Waals surface area contributed by atoms with Crippen LogP contribution in [0.25, 0.3) is 0 Å². The minimum atomic E-state index is 0.0410. The van der Waals surface area contributed by atoms with Gasteiger partial charge in [-0.2, -0.15) is 5.26 Å². The van der Waals surface area contributed by atoms with Gasteiger partial charge in [0.15, 0.2) is 0 Å². The van der Waals surface area contributed by atoms with Crippen molar-refractivity contribution in [2.75, 3.05) is 12.3 Å². The topological polar surface area (TPSA) is 65.8 Å². The molecule has 17 heavy (non-hydrogen) atoms. The Morgan fingerprint density at radius 1 is 1.65 bits per heavy atom. The largest absolute Gasteiger partial charge is 0.355 e. The molecule has 1 aromatic rings. The fourth-order valence-corrected chi connectivity index (χ4v) is 2.07. The Labute approximate surface area is 105 Å². The zero-order valence-corrected chi connectivity index (χ0v) is 10.6. The average Bonchev–Trinajstić information content (AvgIpc) is 2.37. The normalized spacial score (nSPS) is 9.65. The van der Waals surface area contributed by atoms with Gasteiger partial charge in [0.25, 0.3) is 0 Å². The summed E-state index contributed by atoms with van der Waals surface area (Å²) < 4.78 is 0. The van der Waals surface area contributed by atoms with E-state index in [2.05, 4.69) is 10.3 Å². The first-order valence-corrected chi connectivity index (χ1v) is 6.61. The monoisotopic (exact) mass is 249 g/mol. The van der Waals surface area contributed by atoms with E-state index in [1.807, 2.05) is 19.1 Å². The van der Waals surface area contributed by atoms with Crippen LogP contribution in [0.3, 0.4) is 0 Å². The second kappa shape index (κ2) is 7.69. The van der Waals surface area contributed by atoms with E-state index in [1.165, 1.54) is 11.8 Å². The second-order valence-electron chi connectivity index (χ2n) is 3.47. The molecule has 0 aromatic carbocycles. The molecule has 90 valence electrons. The molecule has 5 heteroatoms. The van der Waals surface area contributed by atoms with E-state index < -0.39 is 0 Å². The summed E-state index contributed by atoms with van der Waals surface area (Å²) in [5.41, 5.74) is 1.32. The van der Waals surface area contributed by atoms with Gasteiger partial charge in [0.1, 0.15) is 11.8 Å². The predicted molar refractivity (Wildman–Crippen MR) is 68.4 cm³/mol. The molecule has 4 nitrogen and oxygen atoms in total. The lowest BCUT2D eigenvalue weighted by Gasteiger charge is -2.04. The van der Waals surface area contributed by atoms with Crippen LogP contribution in [-0.2, 0) is 10.5 Å². The van der Waals surface area contributed by atoms with E-state index in [0.29, 0.717) is 17.2 Å². The summed E-state index contributed by atoms with van der Waals surface area (Å²) in [5, 5.41) is 11.6. The maximum Gasteiger partial charge on any atom is 0.230 e. The summed E-state index contributed by atoms with van der Waals surface area (Å²) in [6.45, 7) is 2.73. The number of hydrogen-bond donors (Lipinski definition) is 1. The first kappa shape index (κ1) is 13.5. The first-order valence-electron chi connectivity index (χ1n) is 5.46. The molecule has 0 radical (unpaired) electrons. The highest BCUT2D eigenvalue weighted by molar-refractivity contribution is 7.99. The molecule has 0 saturated heterocycles. The van der Waals surface area contributed by atoms with Crippen LogP contribution in [0.2, 0.25) is 0 Å². The molecule has 0 aliphatic heterocycles. The Bertz CT molecular complexity index is 414. The maximum absolute atomic E-state index is 11.3. The van der Waals surface area contributed by atoms with E-state index in [-0.39, 0.29) is 5.91 Å². The molecule has 0 spiro atoms. The summed E-state index contributed by atoms with van der Waals surface area (Å²) in [7, 11) is 0. The van der Waals surface area contributed by atoms with Gasteiger partial charge in [-0.25, -0.2) is 4.98 Å². The van der Waals surface area contributed by atoms with Crippen LogP contribution < -0.4 is 5.32 Å². The molecule has 1 heterocycles. The molecule has 1 amide bonds. The highest BCUT2D eigenvalue weighted by atomic mass is 32.2. The van der Waals surface area contributed by atoms with Crippen molar-refractivity contribution >= 4 is 17.7 Å². The van der Waals surface area contributed by atoms with Crippen molar-refractivity contribution in [2.24, 2.45) is 0 Å². The fraction of sp³-hybridized carbons (Fsp3) is 0.417. The Balaban J connectivity index is 2.36. The lowest BCUT2D eigenvalue weighted by atomic mass is 10.2. The van der Waals surface area contributed by atoms with Crippen LogP contribution in [0.15, 0.2) is 18.3 Å².